The number of hydrogen-bond acceptors (Lipinski definition) is 4. The average molecular weight is 309 g/mol. The minimum Gasteiger partial charge on any atom is -0.340 e. The van der Waals surface area contributed by atoms with Crippen LogP contribution in [-0.4, -0.2) is 54.5 Å². The zero-order valence-electron chi connectivity index (χ0n) is 13.4. The molecule has 0 bridgehead atoms. The Morgan fingerprint density at radius 2 is 2.10 bits per heavy atom. The molecule has 1 aliphatic rings. The Kier molecular flexibility index (Phi) is 6.21. The van der Waals surface area contributed by atoms with Crippen molar-refractivity contribution in [2.75, 3.05) is 32.7 Å². The van der Waals surface area contributed by atoms with Crippen molar-refractivity contribution in [3.05, 3.63) is 21.9 Å². The predicted octanol–water partition coefficient (Wildman–Crippen LogP) is 2.09. The molecule has 0 unspecified atom stereocenters. The van der Waals surface area contributed by atoms with E-state index >= 15 is 0 Å². The van der Waals surface area contributed by atoms with E-state index < -0.39 is 0 Å². The van der Waals surface area contributed by atoms with E-state index in [2.05, 4.69) is 43.1 Å². The number of aryl methyl sites for hydroxylation is 1. The maximum atomic E-state index is 12.3. The van der Waals surface area contributed by atoms with E-state index in [0.717, 1.165) is 39.3 Å². The Morgan fingerprint density at radius 3 is 2.67 bits per heavy atom. The zero-order valence-corrected chi connectivity index (χ0v) is 14.2. The van der Waals surface area contributed by atoms with Crippen LogP contribution in [0.1, 0.15) is 30.0 Å². The molecular weight excluding hydrogens is 282 g/mol. The van der Waals surface area contributed by atoms with E-state index in [1.807, 2.05) is 16.2 Å². The topological polar surface area (TPSA) is 35.6 Å². The molecule has 0 saturated carbocycles. The summed E-state index contributed by atoms with van der Waals surface area (Å²) in [4.78, 5) is 19.4. The molecule has 0 aromatic carbocycles. The lowest BCUT2D eigenvalue weighted by molar-refractivity contribution is -0.132. The van der Waals surface area contributed by atoms with Crippen molar-refractivity contribution >= 4 is 17.2 Å². The maximum absolute atomic E-state index is 12.3. The van der Waals surface area contributed by atoms with Gasteiger partial charge in [0, 0.05) is 61.5 Å². The molecule has 0 atom stereocenters. The lowest BCUT2D eigenvalue weighted by Crippen LogP contribution is -2.47. The minimum absolute atomic E-state index is 0.296. The Hall–Kier alpha value is -0.910. The van der Waals surface area contributed by atoms with Crippen LogP contribution in [0.3, 0.4) is 0 Å². The van der Waals surface area contributed by atoms with Gasteiger partial charge >= 0.3 is 0 Å². The molecule has 21 heavy (non-hydrogen) atoms. The number of carbonyl (C=O) groups excluding carboxylic acids is 1. The van der Waals surface area contributed by atoms with E-state index in [1.165, 1.54) is 9.75 Å². The van der Waals surface area contributed by atoms with Crippen LogP contribution in [0.15, 0.2) is 12.1 Å². The first-order valence-electron chi connectivity index (χ1n) is 7.84. The molecule has 4 nitrogen and oxygen atoms in total. The van der Waals surface area contributed by atoms with Gasteiger partial charge in [0.1, 0.15) is 0 Å². The number of hydrogen-bond donors (Lipinski definition) is 1. The van der Waals surface area contributed by atoms with E-state index in [0.29, 0.717) is 18.4 Å². The van der Waals surface area contributed by atoms with Crippen molar-refractivity contribution in [2.24, 2.45) is 0 Å². The van der Waals surface area contributed by atoms with Crippen molar-refractivity contribution in [3.63, 3.8) is 0 Å². The summed E-state index contributed by atoms with van der Waals surface area (Å²) in [6.45, 7) is 11.9. The summed E-state index contributed by atoms with van der Waals surface area (Å²) in [7, 11) is 0. The Bertz CT molecular complexity index is 452. The van der Waals surface area contributed by atoms with Gasteiger partial charge in [-0.15, -0.1) is 11.3 Å². The molecule has 1 aliphatic heterocycles. The first-order valence-corrected chi connectivity index (χ1v) is 8.66. The van der Waals surface area contributed by atoms with Gasteiger partial charge in [-0.1, -0.05) is 0 Å². The molecule has 1 amide bonds. The van der Waals surface area contributed by atoms with E-state index in [-0.39, 0.29) is 0 Å². The molecule has 0 spiro atoms. The number of rotatable bonds is 6. The Balaban J connectivity index is 1.83. The van der Waals surface area contributed by atoms with Crippen LogP contribution < -0.4 is 5.32 Å². The van der Waals surface area contributed by atoms with Gasteiger partial charge in [-0.25, -0.2) is 0 Å². The quantitative estimate of drug-likeness (QED) is 0.874. The standard InChI is InChI=1S/C16H27N3OS/c1-13(2)19(12-15-5-4-14(3)21-15)9-6-16(20)18-10-7-17-8-11-18/h4-5,13,17H,6-12H2,1-3H3. The SMILES string of the molecule is Cc1ccc(CN(CCC(=O)N2CCNCC2)C(C)C)s1. The summed E-state index contributed by atoms with van der Waals surface area (Å²) in [6.07, 6.45) is 0.628. The molecule has 1 aromatic heterocycles. The van der Waals surface area contributed by atoms with Crippen molar-refractivity contribution in [2.45, 2.75) is 39.8 Å². The van der Waals surface area contributed by atoms with Crippen LogP contribution in [0.5, 0.6) is 0 Å². The average Bonchev–Trinajstić information content (AvgIpc) is 2.89. The zero-order chi connectivity index (χ0) is 15.2. The van der Waals surface area contributed by atoms with Gasteiger partial charge in [-0.3, -0.25) is 9.69 Å². The van der Waals surface area contributed by atoms with Gasteiger partial charge in [0.2, 0.25) is 5.91 Å². The van der Waals surface area contributed by atoms with Gasteiger partial charge in [0.25, 0.3) is 0 Å². The first-order chi connectivity index (χ1) is 10.1. The van der Waals surface area contributed by atoms with Gasteiger partial charge in [0.15, 0.2) is 0 Å². The molecule has 1 aromatic rings. The minimum atomic E-state index is 0.296. The lowest BCUT2D eigenvalue weighted by Gasteiger charge is -2.30. The monoisotopic (exact) mass is 309 g/mol. The largest absolute Gasteiger partial charge is 0.340 e. The summed E-state index contributed by atoms with van der Waals surface area (Å²) in [6, 6.07) is 4.83. The number of piperazine rings is 1. The third-order valence-corrected chi connectivity index (χ3v) is 4.95. The molecule has 0 radical (unpaired) electrons. The van der Waals surface area contributed by atoms with Crippen molar-refractivity contribution in [1.82, 2.24) is 15.1 Å². The lowest BCUT2D eigenvalue weighted by atomic mass is 10.2. The van der Waals surface area contributed by atoms with Crippen molar-refractivity contribution < 1.29 is 4.79 Å². The fourth-order valence-electron chi connectivity index (χ4n) is 2.60. The highest BCUT2D eigenvalue weighted by molar-refractivity contribution is 7.11. The number of thiophene rings is 1. The summed E-state index contributed by atoms with van der Waals surface area (Å²) in [5, 5.41) is 3.28. The van der Waals surface area contributed by atoms with Gasteiger partial charge < -0.3 is 10.2 Å². The number of amides is 1. The highest BCUT2D eigenvalue weighted by atomic mass is 32.1. The summed E-state index contributed by atoms with van der Waals surface area (Å²) in [5.74, 6) is 0.296. The molecule has 1 saturated heterocycles. The van der Waals surface area contributed by atoms with Crippen LogP contribution in [0, 0.1) is 6.92 Å². The predicted molar refractivity (Wildman–Crippen MR) is 88.7 cm³/mol. The third kappa shape index (κ3) is 5.09. The molecule has 118 valence electrons. The van der Waals surface area contributed by atoms with E-state index in [9.17, 15) is 4.79 Å². The van der Waals surface area contributed by atoms with E-state index in [4.69, 9.17) is 0 Å². The summed E-state index contributed by atoms with van der Waals surface area (Å²) >= 11 is 1.85. The second-order valence-corrected chi connectivity index (χ2v) is 7.33. The fourth-order valence-corrected chi connectivity index (χ4v) is 3.52. The highest BCUT2D eigenvalue weighted by Gasteiger charge is 2.18. The number of nitrogens with zero attached hydrogens (tertiary/aromatic N) is 2. The Labute approximate surface area is 132 Å². The van der Waals surface area contributed by atoms with Crippen molar-refractivity contribution in [1.29, 1.82) is 0 Å². The molecule has 0 aliphatic carbocycles. The van der Waals surface area contributed by atoms with Crippen LogP contribution >= 0.6 is 11.3 Å². The van der Waals surface area contributed by atoms with Crippen LogP contribution in [0.2, 0.25) is 0 Å². The summed E-state index contributed by atoms with van der Waals surface area (Å²) < 4.78 is 0. The molecule has 5 heteroatoms. The number of nitrogens with one attached hydrogen (secondary N) is 1. The van der Waals surface area contributed by atoms with Gasteiger partial charge in [-0.2, -0.15) is 0 Å². The van der Waals surface area contributed by atoms with E-state index in [1.54, 1.807) is 0 Å². The normalized spacial score (nSPS) is 16.0. The second kappa shape index (κ2) is 7.92. The molecule has 2 heterocycles. The maximum Gasteiger partial charge on any atom is 0.223 e. The second-order valence-electron chi connectivity index (χ2n) is 5.96. The van der Waals surface area contributed by atoms with Crippen molar-refractivity contribution in [3.8, 4) is 0 Å². The Morgan fingerprint density at radius 1 is 1.38 bits per heavy atom. The van der Waals surface area contributed by atoms with Crippen LogP contribution in [0.25, 0.3) is 0 Å². The third-order valence-electron chi connectivity index (χ3n) is 3.97. The van der Waals surface area contributed by atoms with Crippen LogP contribution in [-0.2, 0) is 11.3 Å². The fraction of sp³-hybridized carbons (Fsp3) is 0.688. The van der Waals surface area contributed by atoms with Gasteiger partial charge in [-0.05, 0) is 32.9 Å². The van der Waals surface area contributed by atoms with Gasteiger partial charge in [0.05, 0.1) is 0 Å². The smallest absolute Gasteiger partial charge is 0.223 e. The highest BCUT2D eigenvalue weighted by Crippen LogP contribution is 2.18. The molecular formula is C16H27N3OS. The van der Waals surface area contributed by atoms with Crippen LogP contribution in [0.4, 0.5) is 0 Å². The molecule has 1 N–H and O–H groups in total. The molecule has 2 rings (SSSR count). The number of carbonyl (C=O) groups is 1. The summed E-state index contributed by atoms with van der Waals surface area (Å²) in [5.41, 5.74) is 0. The molecule has 1 fully saturated rings. The first kappa shape index (κ1) is 16.5.